The van der Waals surface area contributed by atoms with E-state index in [-0.39, 0.29) is 23.2 Å². The molecule has 0 radical (unpaired) electrons. The van der Waals surface area contributed by atoms with Gasteiger partial charge in [0.15, 0.2) is 4.96 Å². The Morgan fingerprint density at radius 2 is 2.11 bits per heavy atom. The van der Waals surface area contributed by atoms with E-state index in [1.807, 2.05) is 0 Å². The quantitative estimate of drug-likeness (QED) is 0.373. The number of hydrogen-bond acceptors (Lipinski definition) is 6. The summed E-state index contributed by atoms with van der Waals surface area (Å²) in [6, 6.07) is 8.51. The fourth-order valence-electron chi connectivity index (χ4n) is 3.92. The molecule has 2 aromatic carbocycles. The number of hydrogen-bond donors (Lipinski definition) is 2. The van der Waals surface area contributed by atoms with Crippen LogP contribution in [-0.4, -0.2) is 51.6 Å². The van der Waals surface area contributed by atoms with Crippen LogP contribution in [0.1, 0.15) is 29.9 Å². The zero-order chi connectivity index (χ0) is 27.2. The Kier molecular flexibility index (Phi) is 6.61. The summed E-state index contributed by atoms with van der Waals surface area (Å²) in [5.41, 5.74) is 0.857. The van der Waals surface area contributed by atoms with Crippen LogP contribution in [0.3, 0.4) is 0 Å². The zero-order valence-corrected chi connectivity index (χ0v) is 22.2. The van der Waals surface area contributed by atoms with Crippen molar-refractivity contribution in [3.05, 3.63) is 70.1 Å². The highest BCUT2D eigenvalue weighted by molar-refractivity contribution is 7.15. The normalized spacial score (nSPS) is 15.4. The minimum absolute atomic E-state index is 0.0777. The molecule has 1 atom stereocenters. The topological polar surface area (TPSA) is 96.2 Å². The molecular weight excluding hydrogens is 531 g/mol. The molecule has 0 saturated carbocycles. The van der Waals surface area contributed by atoms with E-state index in [1.54, 1.807) is 61.0 Å². The SMILES string of the molecule is CN1C(=O)C(NC(=O)c2cn3c(-c4ccc(Cl)cc4F)csc3n2)COc2ccc(C#CC(C)(C)O)cc21. The Morgan fingerprint density at radius 3 is 2.84 bits per heavy atom. The second kappa shape index (κ2) is 9.76. The third kappa shape index (κ3) is 5.09. The number of halogens is 2. The van der Waals surface area contributed by atoms with Crippen molar-refractivity contribution in [3.8, 4) is 28.8 Å². The molecule has 38 heavy (non-hydrogen) atoms. The number of nitrogens with zero attached hydrogens (tertiary/aromatic N) is 3. The molecule has 0 aliphatic carbocycles. The van der Waals surface area contributed by atoms with Gasteiger partial charge in [0, 0.05) is 34.8 Å². The molecule has 2 aromatic heterocycles. The second-order valence-corrected chi connectivity index (χ2v) is 10.5. The van der Waals surface area contributed by atoms with Gasteiger partial charge in [-0.3, -0.25) is 14.0 Å². The second-order valence-electron chi connectivity index (χ2n) is 9.25. The third-order valence-corrected chi connectivity index (χ3v) is 6.90. The Bertz CT molecular complexity index is 1650. The van der Waals surface area contributed by atoms with Crippen molar-refractivity contribution in [1.29, 1.82) is 0 Å². The fraction of sp³-hybridized carbons (Fsp3) is 0.222. The number of aromatic nitrogens is 2. The number of benzene rings is 2. The number of thiazole rings is 1. The van der Waals surface area contributed by atoms with Crippen LogP contribution in [0, 0.1) is 17.7 Å². The molecule has 0 spiro atoms. The van der Waals surface area contributed by atoms with Crippen LogP contribution in [-0.2, 0) is 4.79 Å². The highest BCUT2D eigenvalue weighted by Gasteiger charge is 2.31. The maximum absolute atomic E-state index is 14.5. The van der Waals surface area contributed by atoms with Gasteiger partial charge in [-0.25, -0.2) is 9.37 Å². The van der Waals surface area contributed by atoms with E-state index >= 15 is 0 Å². The number of fused-ring (bicyclic) bond motifs is 2. The first-order valence-electron chi connectivity index (χ1n) is 11.5. The number of likely N-dealkylation sites (N-methyl/N-ethyl adjacent to an activating group) is 1. The molecule has 0 saturated heterocycles. The van der Waals surface area contributed by atoms with E-state index < -0.39 is 23.4 Å². The smallest absolute Gasteiger partial charge is 0.272 e. The van der Waals surface area contributed by atoms with Crippen LogP contribution in [0.2, 0.25) is 5.02 Å². The van der Waals surface area contributed by atoms with Crippen molar-refractivity contribution < 1.29 is 23.8 Å². The Balaban J connectivity index is 1.36. The van der Waals surface area contributed by atoms with Crippen LogP contribution < -0.4 is 15.0 Å². The van der Waals surface area contributed by atoms with Crippen molar-refractivity contribution >= 4 is 45.4 Å². The summed E-state index contributed by atoms with van der Waals surface area (Å²) in [6.45, 7) is 3.08. The van der Waals surface area contributed by atoms with Crippen molar-refractivity contribution in [1.82, 2.24) is 14.7 Å². The van der Waals surface area contributed by atoms with Gasteiger partial charge in [0.05, 0.1) is 11.4 Å². The first kappa shape index (κ1) is 25.7. The molecule has 0 fully saturated rings. The standard InChI is InChI=1S/C27H22ClFN4O4S/c1-27(2,36)9-8-15-4-7-23-21(10-15)32(3)25(35)20(13-37-23)30-24(34)19-12-33-22(14-38-26(33)31-19)17-6-5-16(28)11-18(17)29/h4-7,10-12,14,20,36H,13H2,1-3H3,(H,30,34). The first-order valence-corrected chi connectivity index (χ1v) is 12.8. The van der Waals surface area contributed by atoms with E-state index in [0.29, 0.717) is 33.2 Å². The molecule has 194 valence electrons. The fourth-order valence-corrected chi connectivity index (χ4v) is 4.95. The lowest BCUT2D eigenvalue weighted by atomic mass is 10.1. The maximum atomic E-state index is 14.5. The number of nitrogens with one attached hydrogen (secondary N) is 1. The van der Waals surface area contributed by atoms with Crippen LogP contribution in [0.25, 0.3) is 16.2 Å². The number of carbonyl (C=O) groups excluding carboxylic acids is 2. The summed E-state index contributed by atoms with van der Waals surface area (Å²) >= 11 is 7.12. The summed E-state index contributed by atoms with van der Waals surface area (Å²) in [5, 5.41) is 14.6. The van der Waals surface area contributed by atoms with E-state index in [9.17, 15) is 19.1 Å². The van der Waals surface area contributed by atoms with Crippen molar-refractivity contribution in [2.24, 2.45) is 0 Å². The molecule has 5 rings (SSSR count). The third-order valence-electron chi connectivity index (χ3n) is 5.82. The molecular formula is C27H22ClFN4O4S. The summed E-state index contributed by atoms with van der Waals surface area (Å²) in [4.78, 5) is 32.5. The molecule has 2 N–H and O–H groups in total. The van der Waals surface area contributed by atoms with E-state index in [2.05, 4.69) is 22.1 Å². The van der Waals surface area contributed by atoms with Crippen molar-refractivity contribution in [3.63, 3.8) is 0 Å². The van der Waals surface area contributed by atoms with Gasteiger partial charge in [-0.05, 0) is 50.2 Å². The number of anilines is 1. The molecule has 1 aliphatic rings. The predicted octanol–water partition coefficient (Wildman–Crippen LogP) is 4.13. The molecule has 1 aliphatic heterocycles. The van der Waals surface area contributed by atoms with Crippen LogP contribution >= 0.6 is 22.9 Å². The van der Waals surface area contributed by atoms with E-state index in [4.69, 9.17) is 16.3 Å². The van der Waals surface area contributed by atoms with Gasteiger partial charge < -0.3 is 20.1 Å². The first-order chi connectivity index (χ1) is 18.0. The highest BCUT2D eigenvalue weighted by atomic mass is 35.5. The molecule has 8 nitrogen and oxygen atoms in total. The summed E-state index contributed by atoms with van der Waals surface area (Å²) in [7, 11) is 1.59. The monoisotopic (exact) mass is 552 g/mol. The van der Waals surface area contributed by atoms with Gasteiger partial charge in [-0.2, -0.15) is 0 Å². The van der Waals surface area contributed by atoms with Gasteiger partial charge in [-0.1, -0.05) is 23.4 Å². The maximum Gasteiger partial charge on any atom is 0.272 e. The predicted molar refractivity (Wildman–Crippen MR) is 143 cm³/mol. The van der Waals surface area contributed by atoms with Crippen molar-refractivity contribution in [2.75, 3.05) is 18.6 Å². The minimum atomic E-state index is -1.16. The highest BCUT2D eigenvalue weighted by Crippen LogP contribution is 2.32. The largest absolute Gasteiger partial charge is 0.489 e. The minimum Gasteiger partial charge on any atom is -0.489 e. The van der Waals surface area contributed by atoms with Gasteiger partial charge in [0.25, 0.3) is 11.8 Å². The lowest BCUT2D eigenvalue weighted by molar-refractivity contribution is -0.120. The zero-order valence-electron chi connectivity index (χ0n) is 20.6. The summed E-state index contributed by atoms with van der Waals surface area (Å²) < 4.78 is 22.0. The number of rotatable bonds is 3. The van der Waals surface area contributed by atoms with E-state index in [1.165, 1.54) is 28.5 Å². The molecule has 2 amide bonds. The average molecular weight is 553 g/mol. The Hall–Kier alpha value is -3.91. The van der Waals surface area contributed by atoms with E-state index in [0.717, 1.165) is 0 Å². The number of carbonyl (C=O) groups is 2. The van der Waals surface area contributed by atoms with Crippen molar-refractivity contribution in [2.45, 2.75) is 25.5 Å². The number of ether oxygens (including phenoxy) is 1. The van der Waals surface area contributed by atoms with Crippen LogP contribution in [0.15, 0.2) is 48.0 Å². The molecule has 0 bridgehead atoms. The molecule has 1 unspecified atom stereocenters. The number of aliphatic hydroxyl groups is 1. The molecule has 3 heterocycles. The summed E-state index contributed by atoms with van der Waals surface area (Å²) in [5.74, 6) is 4.65. The van der Waals surface area contributed by atoms with Gasteiger partial charge in [-0.15, -0.1) is 11.3 Å². The van der Waals surface area contributed by atoms with Gasteiger partial charge in [0.1, 0.15) is 35.5 Å². The van der Waals surface area contributed by atoms with Crippen LogP contribution in [0.4, 0.5) is 10.1 Å². The Morgan fingerprint density at radius 1 is 1.32 bits per heavy atom. The lowest BCUT2D eigenvalue weighted by Crippen LogP contribution is -2.49. The molecule has 4 aromatic rings. The number of imidazole rings is 1. The van der Waals surface area contributed by atoms with Crippen LogP contribution in [0.5, 0.6) is 5.75 Å². The lowest BCUT2D eigenvalue weighted by Gasteiger charge is -2.20. The molecule has 11 heteroatoms. The Labute approximate surface area is 226 Å². The average Bonchev–Trinajstić information content (AvgIpc) is 3.43. The number of amides is 2. The summed E-state index contributed by atoms with van der Waals surface area (Å²) in [6.07, 6.45) is 1.50. The van der Waals surface area contributed by atoms with Gasteiger partial charge in [0.2, 0.25) is 0 Å². The van der Waals surface area contributed by atoms with Gasteiger partial charge >= 0.3 is 0 Å².